The van der Waals surface area contributed by atoms with Crippen LogP contribution >= 0.6 is 11.8 Å². The lowest BCUT2D eigenvalue weighted by molar-refractivity contribution is 0.0777. The summed E-state index contributed by atoms with van der Waals surface area (Å²) in [5, 5.41) is 17.1. The van der Waals surface area contributed by atoms with Crippen LogP contribution < -0.4 is 10.6 Å². The van der Waals surface area contributed by atoms with Gasteiger partial charge in [0.05, 0.1) is 30.4 Å². The van der Waals surface area contributed by atoms with Gasteiger partial charge in [-0.25, -0.2) is 0 Å². The van der Waals surface area contributed by atoms with E-state index in [0.29, 0.717) is 24.8 Å². The van der Waals surface area contributed by atoms with Crippen molar-refractivity contribution in [3.05, 3.63) is 0 Å². The quantitative estimate of drug-likeness (QED) is 0.527. The molecule has 3 N–H and O–H groups in total. The minimum Gasteiger partial charge on any atom is -0.387 e. The number of hydrogen-bond acceptors (Lipinski definition) is 4. The summed E-state index contributed by atoms with van der Waals surface area (Å²) in [5.74, 6) is 2.66. The number of hydrogen-bond donors (Lipinski definition) is 3. The van der Waals surface area contributed by atoms with E-state index in [4.69, 9.17) is 4.74 Å². The Morgan fingerprint density at radius 3 is 3.00 bits per heavy atom. The van der Waals surface area contributed by atoms with Crippen LogP contribution in [0, 0.1) is 0 Å². The van der Waals surface area contributed by atoms with Gasteiger partial charge in [-0.1, -0.05) is 0 Å². The minimum absolute atomic E-state index is 0.342. The van der Waals surface area contributed by atoms with Gasteiger partial charge < -0.3 is 20.5 Å². The van der Waals surface area contributed by atoms with Gasteiger partial charge in [0.15, 0.2) is 5.96 Å². The molecule has 0 saturated carbocycles. The molecule has 3 aliphatic heterocycles. The maximum Gasteiger partial charge on any atom is 0.191 e. The van der Waals surface area contributed by atoms with E-state index in [0.717, 1.165) is 43.3 Å². The molecule has 3 saturated heterocycles. The average molecular weight is 299 g/mol. The van der Waals surface area contributed by atoms with Gasteiger partial charge in [-0.2, -0.15) is 11.8 Å². The Balaban J connectivity index is 1.57. The van der Waals surface area contributed by atoms with Crippen molar-refractivity contribution < 1.29 is 9.84 Å². The third kappa shape index (κ3) is 3.23. The smallest absolute Gasteiger partial charge is 0.191 e. The Morgan fingerprint density at radius 1 is 1.50 bits per heavy atom. The van der Waals surface area contributed by atoms with E-state index in [2.05, 4.69) is 22.5 Å². The molecule has 3 heterocycles. The van der Waals surface area contributed by atoms with Crippen molar-refractivity contribution in [1.29, 1.82) is 0 Å². The van der Waals surface area contributed by atoms with Crippen LogP contribution in [0.2, 0.25) is 0 Å². The van der Waals surface area contributed by atoms with Crippen LogP contribution in [0.4, 0.5) is 0 Å². The molecule has 0 aliphatic carbocycles. The summed E-state index contributed by atoms with van der Waals surface area (Å²) in [6, 6.07) is 0.374. The Bertz CT molecular complexity index is 371. The fourth-order valence-corrected chi connectivity index (χ4v) is 4.52. The summed E-state index contributed by atoms with van der Waals surface area (Å²) in [6.45, 7) is 3.38. The van der Waals surface area contributed by atoms with Gasteiger partial charge in [-0.05, 0) is 38.4 Å². The van der Waals surface area contributed by atoms with Gasteiger partial charge in [0.2, 0.25) is 0 Å². The van der Waals surface area contributed by atoms with Crippen molar-refractivity contribution in [2.45, 2.75) is 56.5 Å². The largest absolute Gasteiger partial charge is 0.387 e. The van der Waals surface area contributed by atoms with Crippen molar-refractivity contribution in [1.82, 2.24) is 10.6 Å². The van der Waals surface area contributed by atoms with Crippen LogP contribution in [0.5, 0.6) is 0 Å². The molecule has 4 atom stereocenters. The third-order valence-electron chi connectivity index (χ3n) is 4.39. The van der Waals surface area contributed by atoms with Gasteiger partial charge in [0.1, 0.15) is 0 Å². The zero-order chi connectivity index (χ0) is 14.0. The maximum absolute atomic E-state index is 10.4. The van der Waals surface area contributed by atoms with Gasteiger partial charge in [0, 0.05) is 12.3 Å². The van der Waals surface area contributed by atoms with E-state index in [1.54, 1.807) is 0 Å². The minimum atomic E-state index is -0.613. The molecule has 4 unspecified atom stereocenters. The van der Waals surface area contributed by atoms with Crippen molar-refractivity contribution >= 4 is 17.7 Å². The molecular weight excluding hydrogens is 274 g/mol. The van der Waals surface area contributed by atoms with Crippen molar-refractivity contribution in [2.24, 2.45) is 4.99 Å². The van der Waals surface area contributed by atoms with Gasteiger partial charge in [0.25, 0.3) is 0 Å². The summed E-state index contributed by atoms with van der Waals surface area (Å²) in [4.78, 5) is 4.59. The predicted molar refractivity (Wildman–Crippen MR) is 82.3 cm³/mol. The number of fused-ring (bicyclic) bond motifs is 2. The molecular formula is C14H25N3O2S. The molecule has 0 aromatic rings. The Labute approximate surface area is 124 Å². The maximum atomic E-state index is 10.4. The summed E-state index contributed by atoms with van der Waals surface area (Å²) >= 11 is 1.81. The van der Waals surface area contributed by atoms with Gasteiger partial charge >= 0.3 is 0 Å². The number of guanidine groups is 1. The average Bonchev–Trinajstić information content (AvgIpc) is 3.13. The lowest BCUT2D eigenvalue weighted by atomic mass is 9.96. The number of aliphatic imine (C=N–C) groups is 1. The Kier molecular flexibility index (Phi) is 4.43. The molecule has 0 spiro atoms. The molecule has 0 aromatic carbocycles. The lowest BCUT2D eigenvalue weighted by Crippen LogP contribution is -2.48. The topological polar surface area (TPSA) is 65.9 Å². The monoisotopic (exact) mass is 299 g/mol. The number of nitrogens with one attached hydrogen (secondary N) is 2. The first-order chi connectivity index (χ1) is 9.68. The fraction of sp³-hybridized carbons (Fsp3) is 0.929. The van der Waals surface area contributed by atoms with E-state index < -0.39 is 5.60 Å². The second-order valence-corrected chi connectivity index (χ2v) is 7.19. The molecule has 2 bridgehead atoms. The fourth-order valence-electron chi connectivity index (χ4n) is 3.23. The Hall–Kier alpha value is -0.460. The number of thioether (sulfide) groups is 1. The molecule has 6 heteroatoms. The van der Waals surface area contributed by atoms with Crippen LogP contribution in [0.1, 0.15) is 32.6 Å². The number of rotatable bonds is 4. The SMILES string of the molecule is CCNC(=NCC1(O)CCSC1)NC1CC2CCC1O2. The first-order valence-corrected chi connectivity index (χ1v) is 8.84. The van der Waals surface area contributed by atoms with Crippen molar-refractivity contribution in [3.63, 3.8) is 0 Å². The first kappa shape index (κ1) is 14.5. The van der Waals surface area contributed by atoms with Crippen LogP contribution in [0.25, 0.3) is 0 Å². The van der Waals surface area contributed by atoms with E-state index in [-0.39, 0.29) is 0 Å². The van der Waals surface area contributed by atoms with Gasteiger partial charge in [-0.15, -0.1) is 0 Å². The van der Waals surface area contributed by atoms with Crippen LogP contribution in [0.15, 0.2) is 4.99 Å². The van der Waals surface area contributed by atoms with E-state index >= 15 is 0 Å². The molecule has 5 nitrogen and oxygen atoms in total. The summed E-state index contributed by atoms with van der Waals surface area (Å²) in [5.41, 5.74) is -0.613. The van der Waals surface area contributed by atoms with E-state index in [1.807, 2.05) is 11.8 Å². The Morgan fingerprint density at radius 2 is 2.40 bits per heavy atom. The number of aliphatic hydroxyl groups is 1. The second-order valence-electron chi connectivity index (χ2n) is 6.08. The molecule has 0 radical (unpaired) electrons. The highest BCUT2D eigenvalue weighted by Crippen LogP contribution is 2.34. The standard InChI is InChI=1S/C14H25N3O2S/c1-2-15-13(16-8-14(18)5-6-20-9-14)17-11-7-10-3-4-12(11)19-10/h10-12,18H,2-9H2,1H3,(H2,15,16,17). The zero-order valence-corrected chi connectivity index (χ0v) is 12.9. The third-order valence-corrected chi connectivity index (χ3v) is 5.62. The van der Waals surface area contributed by atoms with Gasteiger partial charge in [-0.3, -0.25) is 4.99 Å². The lowest BCUT2D eigenvalue weighted by Gasteiger charge is -2.24. The molecule has 3 fully saturated rings. The molecule has 3 aliphatic rings. The summed E-state index contributed by atoms with van der Waals surface area (Å²) in [6.07, 6.45) is 5.06. The normalized spacial score (nSPS) is 40.3. The number of ether oxygens (including phenoxy) is 1. The van der Waals surface area contributed by atoms with Crippen LogP contribution in [-0.4, -0.2) is 59.5 Å². The highest BCUT2D eigenvalue weighted by Gasteiger charge is 2.41. The highest BCUT2D eigenvalue weighted by atomic mass is 32.2. The van der Waals surface area contributed by atoms with Crippen LogP contribution in [-0.2, 0) is 4.74 Å². The van der Waals surface area contributed by atoms with Crippen molar-refractivity contribution in [3.8, 4) is 0 Å². The van der Waals surface area contributed by atoms with Crippen LogP contribution in [0.3, 0.4) is 0 Å². The molecule has 0 aromatic heterocycles. The molecule has 20 heavy (non-hydrogen) atoms. The number of nitrogens with zero attached hydrogens (tertiary/aromatic N) is 1. The predicted octanol–water partition coefficient (Wildman–Crippen LogP) is 0.729. The van der Waals surface area contributed by atoms with Crippen molar-refractivity contribution in [2.75, 3.05) is 24.6 Å². The first-order valence-electron chi connectivity index (χ1n) is 7.69. The van der Waals surface area contributed by atoms with E-state index in [1.165, 1.54) is 6.42 Å². The zero-order valence-electron chi connectivity index (χ0n) is 12.1. The summed E-state index contributed by atoms with van der Waals surface area (Å²) < 4.78 is 5.86. The molecule has 114 valence electrons. The summed E-state index contributed by atoms with van der Waals surface area (Å²) in [7, 11) is 0. The molecule has 0 amide bonds. The second kappa shape index (κ2) is 6.12. The highest BCUT2D eigenvalue weighted by molar-refractivity contribution is 7.99. The van der Waals surface area contributed by atoms with E-state index in [9.17, 15) is 5.11 Å². The molecule has 3 rings (SSSR count).